The molecule has 1 unspecified atom stereocenters. The highest BCUT2D eigenvalue weighted by atomic mass is 16.2. The van der Waals surface area contributed by atoms with Crippen LogP contribution in [0.3, 0.4) is 0 Å². The zero-order valence-electron chi connectivity index (χ0n) is 30.1. The molecular weight excluding hydrogens is 634 g/mol. The van der Waals surface area contributed by atoms with Crippen molar-refractivity contribution in [3.05, 3.63) is 24.3 Å². The lowest BCUT2D eigenvalue weighted by Crippen LogP contribution is -2.60. The predicted molar refractivity (Wildman–Crippen MR) is 188 cm³/mol. The Hall–Kier alpha value is -3.50. The molecule has 3 amide bonds. The molecule has 2 heterocycles. The highest BCUT2D eigenvalue weighted by molar-refractivity contribution is 6.38. The number of rotatable bonds is 17. The van der Waals surface area contributed by atoms with Gasteiger partial charge in [0, 0.05) is 37.7 Å². The number of nitrogens with one attached hydrogen (secondary N) is 2. The fourth-order valence-corrected chi connectivity index (χ4v) is 8.68. The number of ketones is 3. The van der Waals surface area contributed by atoms with Crippen molar-refractivity contribution in [1.82, 2.24) is 25.5 Å². The summed E-state index contributed by atoms with van der Waals surface area (Å²) in [5.41, 5.74) is 0.124. The molecule has 3 saturated carbocycles. The molecule has 4 fully saturated rings. The van der Waals surface area contributed by atoms with Gasteiger partial charge in [-0.2, -0.15) is 0 Å². The molecule has 1 saturated heterocycles. The topological polar surface area (TPSA) is 156 Å². The van der Waals surface area contributed by atoms with Crippen LogP contribution in [0.2, 0.25) is 0 Å². The molecule has 11 heteroatoms. The van der Waals surface area contributed by atoms with Crippen molar-refractivity contribution in [2.45, 2.75) is 148 Å². The molecular formula is C39H57N5O6. The lowest BCUT2D eigenvalue weighted by Gasteiger charge is -2.37. The van der Waals surface area contributed by atoms with Crippen molar-refractivity contribution in [3.8, 4) is 0 Å². The van der Waals surface area contributed by atoms with E-state index in [4.69, 9.17) is 0 Å². The van der Waals surface area contributed by atoms with Gasteiger partial charge in [-0.1, -0.05) is 65.2 Å². The summed E-state index contributed by atoms with van der Waals surface area (Å²) in [4.78, 5) is 92.2. The van der Waals surface area contributed by atoms with Gasteiger partial charge in [0.05, 0.1) is 12.2 Å². The van der Waals surface area contributed by atoms with Crippen molar-refractivity contribution in [2.75, 3.05) is 6.54 Å². The fourth-order valence-electron chi connectivity index (χ4n) is 8.68. The standard InChI is InChI=1S/C39H57N5O6/c1-3-11-29(36(47)32(46)22-25-16-17-25)23-31(45)35-26(4-2)18-21-44(35)39(50)34(28-14-9-6-10-15-28)43-38(49)33(27-12-7-5-8-13-27)42-37(48)30-24-40-19-20-41-30/h19-20,24-29,33-35H,3-18,21-23H2,1-2H3,(H,42,48)(H,43,49)/t26-,29?,33-,34-,35-/m0/s1. The molecule has 274 valence electrons. The summed E-state index contributed by atoms with van der Waals surface area (Å²) in [6.07, 6.45) is 18.1. The van der Waals surface area contributed by atoms with Crippen LogP contribution in [0.1, 0.15) is 140 Å². The van der Waals surface area contributed by atoms with E-state index in [0.717, 1.165) is 77.0 Å². The Morgan fingerprint density at radius 1 is 0.820 bits per heavy atom. The molecule has 1 aromatic rings. The van der Waals surface area contributed by atoms with Crippen molar-refractivity contribution in [2.24, 2.45) is 29.6 Å². The van der Waals surface area contributed by atoms with E-state index in [2.05, 4.69) is 20.6 Å². The van der Waals surface area contributed by atoms with Crippen molar-refractivity contribution < 1.29 is 28.8 Å². The van der Waals surface area contributed by atoms with E-state index in [1.165, 1.54) is 18.6 Å². The third kappa shape index (κ3) is 9.63. The minimum Gasteiger partial charge on any atom is -0.342 e. The lowest BCUT2D eigenvalue weighted by molar-refractivity contribution is -0.145. The number of hydrogen-bond acceptors (Lipinski definition) is 8. The second-order valence-electron chi connectivity index (χ2n) is 15.3. The van der Waals surface area contributed by atoms with Gasteiger partial charge >= 0.3 is 0 Å². The first-order valence-corrected chi connectivity index (χ1v) is 19.5. The number of carbonyl (C=O) groups is 6. The van der Waals surface area contributed by atoms with Crippen LogP contribution in [-0.2, 0) is 24.0 Å². The molecule has 1 aromatic heterocycles. The zero-order chi connectivity index (χ0) is 35.6. The van der Waals surface area contributed by atoms with Gasteiger partial charge < -0.3 is 15.5 Å². The van der Waals surface area contributed by atoms with E-state index >= 15 is 0 Å². The molecule has 2 N–H and O–H groups in total. The van der Waals surface area contributed by atoms with E-state index in [1.807, 2.05) is 13.8 Å². The highest BCUT2D eigenvalue weighted by Crippen LogP contribution is 2.36. The first-order chi connectivity index (χ1) is 24.2. The number of nitrogens with zero attached hydrogens (tertiary/aromatic N) is 3. The SMILES string of the molecule is CCCC(CC(=O)[C@@H]1[C@@H](CC)CCN1C(=O)[C@@H](NC(=O)[C@@H](NC(=O)c1cnccn1)C1CCCCC1)C1CCCCC1)C(=O)C(=O)CC1CC1. The van der Waals surface area contributed by atoms with Gasteiger partial charge in [-0.15, -0.1) is 0 Å². The summed E-state index contributed by atoms with van der Waals surface area (Å²) in [5, 5.41) is 6.08. The fraction of sp³-hybridized carbons (Fsp3) is 0.744. The maximum Gasteiger partial charge on any atom is 0.272 e. The quantitative estimate of drug-likeness (QED) is 0.212. The predicted octanol–water partition coefficient (Wildman–Crippen LogP) is 5.16. The third-order valence-corrected chi connectivity index (χ3v) is 11.7. The number of Topliss-reactive ketones (excluding diaryl/α,β-unsaturated/α-hetero) is 3. The Morgan fingerprint density at radius 3 is 2.06 bits per heavy atom. The smallest absolute Gasteiger partial charge is 0.272 e. The summed E-state index contributed by atoms with van der Waals surface area (Å²) in [5.74, 6) is -2.70. The largest absolute Gasteiger partial charge is 0.342 e. The molecule has 0 aromatic carbocycles. The summed E-state index contributed by atoms with van der Waals surface area (Å²) < 4.78 is 0. The number of amides is 3. The Balaban J connectivity index is 1.36. The van der Waals surface area contributed by atoms with Gasteiger partial charge in [-0.3, -0.25) is 33.8 Å². The van der Waals surface area contributed by atoms with Gasteiger partial charge in [-0.05, 0) is 75.0 Å². The summed E-state index contributed by atoms with van der Waals surface area (Å²) >= 11 is 0. The van der Waals surface area contributed by atoms with Crippen LogP contribution in [-0.4, -0.2) is 74.6 Å². The molecule has 5 atom stereocenters. The van der Waals surface area contributed by atoms with Crippen molar-refractivity contribution in [1.29, 1.82) is 0 Å². The normalized spacial score (nSPS) is 23.4. The Bertz CT molecular complexity index is 1350. The molecule has 0 spiro atoms. The van der Waals surface area contributed by atoms with Gasteiger partial charge in [0.15, 0.2) is 11.6 Å². The summed E-state index contributed by atoms with van der Waals surface area (Å²) in [7, 11) is 0. The maximum absolute atomic E-state index is 14.7. The molecule has 50 heavy (non-hydrogen) atoms. The lowest BCUT2D eigenvalue weighted by atomic mass is 9.81. The monoisotopic (exact) mass is 691 g/mol. The summed E-state index contributed by atoms with van der Waals surface area (Å²) in [6.45, 7) is 4.36. The van der Waals surface area contributed by atoms with E-state index in [1.54, 1.807) is 4.90 Å². The van der Waals surface area contributed by atoms with E-state index in [0.29, 0.717) is 38.1 Å². The van der Waals surface area contributed by atoms with Crippen LogP contribution in [0.15, 0.2) is 18.6 Å². The molecule has 1 aliphatic heterocycles. The Labute approximate surface area is 296 Å². The van der Waals surface area contributed by atoms with Crippen molar-refractivity contribution >= 4 is 35.1 Å². The third-order valence-electron chi connectivity index (χ3n) is 11.7. The van der Waals surface area contributed by atoms with Crippen molar-refractivity contribution in [3.63, 3.8) is 0 Å². The van der Waals surface area contributed by atoms with E-state index < -0.39 is 35.7 Å². The minimum atomic E-state index is -0.836. The number of aromatic nitrogens is 2. The molecule has 11 nitrogen and oxygen atoms in total. The zero-order valence-corrected chi connectivity index (χ0v) is 30.1. The minimum absolute atomic E-state index is 0.0490. The highest BCUT2D eigenvalue weighted by Gasteiger charge is 2.46. The van der Waals surface area contributed by atoms with Gasteiger partial charge in [0.2, 0.25) is 17.6 Å². The molecule has 0 bridgehead atoms. The van der Waals surface area contributed by atoms with Crippen LogP contribution in [0, 0.1) is 29.6 Å². The molecule has 3 aliphatic carbocycles. The van der Waals surface area contributed by atoms with Crippen LogP contribution >= 0.6 is 0 Å². The molecule has 0 radical (unpaired) electrons. The molecule has 4 aliphatic rings. The van der Waals surface area contributed by atoms with Crippen LogP contribution in [0.25, 0.3) is 0 Å². The number of carbonyl (C=O) groups excluding carboxylic acids is 6. The van der Waals surface area contributed by atoms with Crippen LogP contribution in [0.5, 0.6) is 0 Å². The van der Waals surface area contributed by atoms with Gasteiger partial charge in [0.1, 0.15) is 17.8 Å². The van der Waals surface area contributed by atoms with Crippen LogP contribution < -0.4 is 10.6 Å². The second kappa shape index (κ2) is 18.1. The van der Waals surface area contributed by atoms with E-state index in [9.17, 15) is 28.8 Å². The first kappa shape index (κ1) is 37.7. The van der Waals surface area contributed by atoms with Gasteiger partial charge in [0.25, 0.3) is 5.91 Å². The Kier molecular flexibility index (Phi) is 13.7. The maximum atomic E-state index is 14.7. The average molecular weight is 692 g/mol. The summed E-state index contributed by atoms with van der Waals surface area (Å²) in [6, 6.07) is -2.37. The van der Waals surface area contributed by atoms with Gasteiger partial charge in [-0.25, -0.2) is 4.98 Å². The van der Waals surface area contributed by atoms with Crippen LogP contribution in [0.4, 0.5) is 0 Å². The number of likely N-dealkylation sites (tertiary alicyclic amines) is 1. The first-order valence-electron chi connectivity index (χ1n) is 19.5. The number of hydrogen-bond donors (Lipinski definition) is 2. The van der Waals surface area contributed by atoms with E-state index in [-0.39, 0.29) is 59.7 Å². The second-order valence-corrected chi connectivity index (χ2v) is 15.3. The average Bonchev–Trinajstić information content (AvgIpc) is 3.86. The molecule has 5 rings (SSSR count). The Morgan fingerprint density at radius 2 is 1.48 bits per heavy atom.